The van der Waals surface area contributed by atoms with Gasteiger partial charge in [0, 0.05) is 46.3 Å². The van der Waals surface area contributed by atoms with Crippen molar-refractivity contribution in [2.75, 3.05) is 6.54 Å². The van der Waals surface area contributed by atoms with Crippen LogP contribution in [0.5, 0.6) is 5.75 Å². The van der Waals surface area contributed by atoms with Gasteiger partial charge in [0.15, 0.2) is 0 Å². The first-order valence-corrected chi connectivity index (χ1v) is 9.31. The lowest BCUT2D eigenvalue weighted by molar-refractivity contribution is 0.477. The highest BCUT2D eigenvalue weighted by Crippen LogP contribution is 2.41. The molecule has 0 bridgehead atoms. The molecule has 0 aliphatic heterocycles. The molecule has 0 aliphatic carbocycles. The number of nitrogens with one attached hydrogen (secondary N) is 1. The minimum atomic E-state index is -0.104. The normalized spacial score (nSPS) is 12.7. The molecule has 1 atom stereocenters. The molecule has 0 radical (unpaired) electrons. The van der Waals surface area contributed by atoms with Crippen molar-refractivity contribution in [3.05, 3.63) is 57.5 Å². The van der Waals surface area contributed by atoms with Gasteiger partial charge in [0.1, 0.15) is 10.4 Å². The minimum Gasteiger partial charge on any atom is -0.507 e. The molecule has 132 valence electrons. The molecule has 0 aliphatic rings. The number of nitrogens with two attached hydrogens (primary N) is 1. The van der Waals surface area contributed by atoms with Gasteiger partial charge in [-0.2, -0.15) is 0 Å². The van der Waals surface area contributed by atoms with Crippen molar-refractivity contribution >= 4 is 32.3 Å². The van der Waals surface area contributed by atoms with Crippen molar-refractivity contribution in [3.8, 4) is 16.9 Å². The Balaban J connectivity index is 2.06. The summed E-state index contributed by atoms with van der Waals surface area (Å²) in [6.45, 7) is 4.44. The highest BCUT2D eigenvalue weighted by atomic mass is 32.1. The molecule has 1 aromatic carbocycles. The average Bonchev–Trinajstić information content (AvgIpc) is 3.13. The average molecular weight is 365 g/mol. The van der Waals surface area contributed by atoms with E-state index < -0.39 is 0 Å². The van der Waals surface area contributed by atoms with E-state index in [1.165, 1.54) is 11.3 Å². The second-order valence-corrected chi connectivity index (χ2v) is 7.48. The zero-order valence-electron chi connectivity index (χ0n) is 14.5. The first-order chi connectivity index (χ1) is 12.5. The van der Waals surface area contributed by atoms with Gasteiger partial charge in [0.2, 0.25) is 0 Å². The second kappa shape index (κ2) is 6.23. The Morgan fingerprint density at radius 1 is 1.35 bits per heavy atom. The second-order valence-electron chi connectivity index (χ2n) is 6.56. The van der Waals surface area contributed by atoms with Gasteiger partial charge in [-0.25, -0.2) is 0 Å². The van der Waals surface area contributed by atoms with Crippen LogP contribution in [0.1, 0.15) is 24.1 Å². The number of hydrogen-bond donors (Lipinski definition) is 3. The lowest BCUT2D eigenvalue weighted by Crippen LogP contribution is -2.10. The van der Waals surface area contributed by atoms with Crippen LogP contribution in [0, 0.1) is 6.92 Å². The van der Waals surface area contributed by atoms with Gasteiger partial charge < -0.3 is 15.8 Å². The van der Waals surface area contributed by atoms with Gasteiger partial charge in [-0.05, 0) is 36.1 Å². The molecule has 1 unspecified atom stereocenters. The van der Waals surface area contributed by atoms with E-state index in [0.29, 0.717) is 16.8 Å². The number of fused-ring (bicyclic) bond motifs is 3. The van der Waals surface area contributed by atoms with Gasteiger partial charge in [-0.1, -0.05) is 13.0 Å². The summed E-state index contributed by atoms with van der Waals surface area (Å²) in [5.41, 5.74) is 9.59. The Labute approximate surface area is 154 Å². The van der Waals surface area contributed by atoms with E-state index in [1.807, 2.05) is 37.4 Å². The van der Waals surface area contributed by atoms with E-state index in [4.69, 9.17) is 5.73 Å². The number of aromatic nitrogens is 2. The van der Waals surface area contributed by atoms with Crippen LogP contribution in [0.25, 0.3) is 32.1 Å². The molecule has 3 aromatic heterocycles. The monoisotopic (exact) mass is 365 g/mol. The summed E-state index contributed by atoms with van der Waals surface area (Å²) >= 11 is 1.40. The molecule has 0 amide bonds. The van der Waals surface area contributed by atoms with E-state index in [2.05, 4.69) is 9.97 Å². The molecular formula is C20H19N3O2S. The number of rotatable bonds is 3. The molecule has 4 N–H and O–H groups in total. The van der Waals surface area contributed by atoms with E-state index in [0.717, 1.165) is 33.1 Å². The number of nitrogens with zero attached hydrogens (tertiary/aromatic N) is 1. The molecule has 26 heavy (non-hydrogen) atoms. The number of phenols is 1. The highest BCUT2D eigenvalue weighted by Gasteiger charge is 2.18. The summed E-state index contributed by atoms with van der Waals surface area (Å²) in [7, 11) is 0. The van der Waals surface area contributed by atoms with Crippen LogP contribution < -0.4 is 11.3 Å². The van der Waals surface area contributed by atoms with Crippen LogP contribution in [-0.2, 0) is 0 Å². The number of phenolic OH excluding ortho intramolecular Hbond substituents is 1. The lowest BCUT2D eigenvalue weighted by atomic mass is 9.95. The zero-order valence-corrected chi connectivity index (χ0v) is 15.4. The maximum Gasteiger partial charge on any atom is 0.266 e. The predicted molar refractivity (Wildman–Crippen MR) is 107 cm³/mol. The summed E-state index contributed by atoms with van der Waals surface area (Å²) in [6, 6.07) is 7.50. The summed E-state index contributed by atoms with van der Waals surface area (Å²) in [4.78, 5) is 19.9. The molecule has 4 rings (SSSR count). The number of aryl methyl sites for hydroxylation is 1. The van der Waals surface area contributed by atoms with E-state index in [9.17, 15) is 9.90 Å². The SMILES string of the molecule is Cc1cc(O)c(-c2ccc(C(C)CN)nc2)c2c1[nH]c(=O)c1sccc12. The largest absolute Gasteiger partial charge is 0.507 e. The van der Waals surface area contributed by atoms with Crippen LogP contribution in [0.3, 0.4) is 0 Å². The predicted octanol–water partition coefficient (Wildman–Crippen LogP) is 3.88. The van der Waals surface area contributed by atoms with Crippen molar-refractivity contribution in [1.82, 2.24) is 9.97 Å². The number of thiophene rings is 1. The van der Waals surface area contributed by atoms with Gasteiger partial charge >= 0.3 is 0 Å². The van der Waals surface area contributed by atoms with Crippen LogP contribution in [0.15, 0.2) is 40.6 Å². The van der Waals surface area contributed by atoms with Gasteiger partial charge in [-0.3, -0.25) is 9.78 Å². The molecule has 5 nitrogen and oxygen atoms in total. The first-order valence-electron chi connectivity index (χ1n) is 8.43. The Morgan fingerprint density at radius 3 is 2.85 bits per heavy atom. The smallest absolute Gasteiger partial charge is 0.266 e. The number of pyridine rings is 2. The van der Waals surface area contributed by atoms with Gasteiger partial charge in [-0.15, -0.1) is 11.3 Å². The molecular weight excluding hydrogens is 346 g/mol. The molecule has 0 fully saturated rings. The summed E-state index contributed by atoms with van der Waals surface area (Å²) < 4.78 is 0.657. The summed E-state index contributed by atoms with van der Waals surface area (Å²) in [5.74, 6) is 0.350. The molecule has 0 saturated carbocycles. The van der Waals surface area contributed by atoms with Crippen LogP contribution >= 0.6 is 11.3 Å². The fourth-order valence-electron chi connectivity index (χ4n) is 3.34. The third-order valence-corrected chi connectivity index (χ3v) is 5.73. The Kier molecular flexibility index (Phi) is 4.01. The molecule has 0 spiro atoms. The van der Waals surface area contributed by atoms with Crippen LogP contribution in [-0.4, -0.2) is 21.6 Å². The maximum absolute atomic E-state index is 12.4. The number of H-pyrrole nitrogens is 1. The molecule has 3 heterocycles. The number of aromatic amines is 1. The van der Waals surface area contributed by atoms with E-state index >= 15 is 0 Å². The fraction of sp³-hybridized carbons (Fsp3) is 0.200. The molecule has 4 aromatic rings. The maximum atomic E-state index is 12.4. The van der Waals surface area contributed by atoms with E-state index in [1.54, 1.807) is 12.3 Å². The van der Waals surface area contributed by atoms with Gasteiger partial charge in [0.05, 0.1) is 5.52 Å². The topological polar surface area (TPSA) is 92.0 Å². The van der Waals surface area contributed by atoms with Crippen LogP contribution in [0.2, 0.25) is 0 Å². The van der Waals surface area contributed by atoms with Crippen molar-refractivity contribution in [3.63, 3.8) is 0 Å². The van der Waals surface area contributed by atoms with Crippen molar-refractivity contribution in [2.24, 2.45) is 5.73 Å². The first kappa shape index (κ1) is 16.8. The Bertz CT molecular complexity index is 1180. The van der Waals surface area contributed by atoms with Gasteiger partial charge in [0.25, 0.3) is 5.56 Å². The van der Waals surface area contributed by atoms with Crippen molar-refractivity contribution in [1.29, 1.82) is 0 Å². The Hall–Kier alpha value is -2.70. The standard InChI is InChI=1S/C20H19N3O2S/c1-10-7-15(24)16(12-3-4-14(22-9-12)11(2)8-21)17-13-5-6-26-19(13)20(25)23-18(10)17/h3-7,9,11,24H,8,21H2,1-2H3,(H,23,25). The van der Waals surface area contributed by atoms with Crippen molar-refractivity contribution < 1.29 is 5.11 Å². The zero-order chi connectivity index (χ0) is 18.4. The number of hydrogen-bond acceptors (Lipinski definition) is 5. The lowest BCUT2D eigenvalue weighted by Gasteiger charge is -2.14. The number of aromatic hydroxyl groups is 1. The number of benzene rings is 1. The molecule has 0 saturated heterocycles. The third kappa shape index (κ3) is 2.50. The minimum absolute atomic E-state index is 0.104. The highest BCUT2D eigenvalue weighted by molar-refractivity contribution is 7.17. The van der Waals surface area contributed by atoms with Crippen LogP contribution in [0.4, 0.5) is 0 Å². The summed E-state index contributed by atoms with van der Waals surface area (Å²) in [6.07, 6.45) is 1.76. The Morgan fingerprint density at radius 2 is 2.15 bits per heavy atom. The fourth-order valence-corrected chi connectivity index (χ4v) is 4.14. The van der Waals surface area contributed by atoms with E-state index in [-0.39, 0.29) is 17.2 Å². The third-order valence-electron chi connectivity index (χ3n) is 4.82. The quantitative estimate of drug-likeness (QED) is 0.514. The van der Waals surface area contributed by atoms with Crippen molar-refractivity contribution in [2.45, 2.75) is 19.8 Å². The summed E-state index contributed by atoms with van der Waals surface area (Å²) in [5, 5.41) is 14.3. The molecule has 6 heteroatoms.